The van der Waals surface area contributed by atoms with Crippen LogP contribution in [0.3, 0.4) is 0 Å². The molecule has 0 saturated carbocycles. The van der Waals surface area contributed by atoms with Crippen LogP contribution in [-0.2, 0) is 5.60 Å². The molecule has 1 fully saturated rings. The quantitative estimate of drug-likeness (QED) is 0.841. The molecule has 0 spiro atoms. The van der Waals surface area contributed by atoms with Gasteiger partial charge in [-0.25, -0.2) is 4.39 Å². The summed E-state index contributed by atoms with van der Waals surface area (Å²) in [6.07, 6.45) is 0.684. The van der Waals surface area contributed by atoms with Gasteiger partial charge in [-0.15, -0.1) is 0 Å². The zero-order valence-corrected chi connectivity index (χ0v) is 9.31. The van der Waals surface area contributed by atoms with Crippen LogP contribution < -0.4 is 4.74 Å². The number of benzene rings is 1. The Kier molecular flexibility index (Phi) is 2.89. The molecule has 0 aromatic heterocycles. The molecule has 0 radical (unpaired) electrons. The number of rotatable bonds is 2. The van der Waals surface area contributed by atoms with E-state index < -0.39 is 11.4 Å². The predicted octanol–water partition coefficient (Wildman–Crippen LogP) is 2.16. The first-order chi connectivity index (χ1) is 7.15. The van der Waals surface area contributed by atoms with Crippen LogP contribution >= 0.6 is 11.8 Å². The molecule has 1 saturated heterocycles. The van der Waals surface area contributed by atoms with Crippen LogP contribution in [0.2, 0.25) is 0 Å². The zero-order chi connectivity index (χ0) is 10.9. The SMILES string of the molecule is COc1ccc(C2(O)CCSC2)cc1F. The van der Waals surface area contributed by atoms with Gasteiger partial charge in [-0.05, 0) is 29.9 Å². The Balaban J connectivity index is 2.33. The molecule has 1 atom stereocenters. The fourth-order valence-corrected chi connectivity index (χ4v) is 3.01. The van der Waals surface area contributed by atoms with Gasteiger partial charge >= 0.3 is 0 Å². The Hall–Kier alpha value is -0.740. The summed E-state index contributed by atoms with van der Waals surface area (Å²) in [4.78, 5) is 0. The number of ether oxygens (including phenoxy) is 1. The number of methoxy groups -OCH3 is 1. The van der Waals surface area contributed by atoms with Crippen LogP contribution in [0.4, 0.5) is 4.39 Å². The van der Waals surface area contributed by atoms with Crippen molar-refractivity contribution >= 4 is 11.8 Å². The van der Waals surface area contributed by atoms with Crippen molar-refractivity contribution in [3.63, 3.8) is 0 Å². The van der Waals surface area contributed by atoms with E-state index in [1.54, 1.807) is 23.9 Å². The Morgan fingerprint density at radius 1 is 1.53 bits per heavy atom. The lowest BCUT2D eigenvalue weighted by atomic mass is 9.93. The van der Waals surface area contributed by atoms with Gasteiger partial charge in [0.15, 0.2) is 11.6 Å². The van der Waals surface area contributed by atoms with Gasteiger partial charge in [0.25, 0.3) is 0 Å². The normalized spacial score (nSPS) is 25.5. The van der Waals surface area contributed by atoms with Crippen molar-refractivity contribution in [3.05, 3.63) is 29.6 Å². The van der Waals surface area contributed by atoms with Crippen molar-refractivity contribution in [2.24, 2.45) is 0 Å². The Morgan fingerprint density at radius 3 is 2.87 bits per heavy atom. The van der Waals surface area contributed by atoms with E-state index in [2.05, 4.69) is 0 Å². The van der Waals surface area contributed by atoms with Crippen molar-refractivity contribution in [1.82, 2.24) is 0 Å². The lowest BCUT2D eigenvalue weighted by Gasteiger charge is -2.22. The molecule has 2 rings (SSSR count). The van der Waals surface area contributed by atoms with E-state index in [0.717, 1.165) is 5.75 Å². The maximum Gasteiger partial charge on any atom is 0.165 e. The first kappa shape index (κ1) is 10.8. The molecule has 1 unspecified atom stereocenters. The predicted molar refractivity (Wildman–Crippen MR) is 58.8 cm³/mol. The Bertz CT molecular complexity index is 362. The minimum atomic E-state index is -0.863. The van der Waals surface area contributed by atoms with Gasteiger partial charge in [0.05, 0.1) is 12.7 Å². The third-order valence-electron chi connectivity index (χ3n) is 2.69. The molecule has 82 valence electrons. The van der Waals surface area contributed by atoms with E-state index in [9.17, 15) is 9.50 Å². The highest BCUT2D eigenvalue weighted by molar-refractivity contribution is 7.99. The topological polar surface area (TPSA) is 29.5 Å². The number of halogens is 1. The molecule has 0 bridgehead atoms. The molecular weight excluding hydrogens is 215 g/mol. The molecule has 1 aromatic rings. The minimum absolute atomic E-state index is 0.216. The van der Waals surface area contributed by atoms with Crippen LogP contribution in [0, 0.1) is 5.82 Å². The summed E-state index contributed by atoms with van der Waals surface area (Å²) < 4.78 is 18.3. The summed E-state index contributed by atoms with van der Waals surface area (Å²) >= 11 is 1.69. The average Bonchev–Trinajstić information content (AvgIpc) is 2.66. The fourth-order valence-electron chi connectivity index (χ4n) is 1.74. The number of thioether (sulfide) groups is 1. The summed E-state index contributed by atoms with van der Waals surface area (Å²) in [5.74, 6) is 1.36. The second-order valence-electron chi connectivity index (χ2n) is 3.68. The molecular formula is C11H13FO2S. The van der Waals surface area contributed by atoms with Crippen molar-refractivity contribution in [2.45, 2.75) is 12.0 Å². The summed E-state index contributed by atoms with van der Waals surface area (Å²) in [5, 5.41) is 10.2. The first-order valence-electron chi connectivity index (χ1n) is 4.80. The first-order valence-corrected chi connectivity index (χ1v) is 5.95. The van der Waals surface area contributed by atoms with Gasteiger partial charge < -0.3 is 9.84 Å². The van der Waals surface area contributed by atoms with Crippen molar-refractivity contribution in [2.75, 3.05) is 18.6 Å². The second-order valence-corrected chi connectivity index (χ2v) is 4.79. The number of hydrogen-bond acceptors (Lipinski definition) is 3. The van der Waals surface area contributed by atoms with E-state index >= 15 is 0 Å². The van der Waals surface area contributed by atoms with Gasteiger partial charge in [-0.3, -0.25) is 0 Å². The molecule has 4 heteroatoms. The molecule has 2 nitrogen and oxygen atoms in total. The van der Waals surface area contributed by atoms with E-state index in [1.165, 1.54) is 13.2 Å². The summed E-state index contributed by atoms with van der Waals surface area (Å²) in [6.45, 7) is 0. The monoisotopic (exact) mass is 228 g/mol. The average molecular weight is 228 g/mol. The van der Waals surface area contributed by atoms with Crippen molar-refractivity contribution in [3.8, 4) is 5.75 Å². The van der Waals surface area contributed by atoms with Gasteiger partial charge in [-0.1, -0.05) is 6.07 Å². The summed E-state index contributed by atoms with van der Waals surface area (Å²) in [6, 6.07) is 4.66. The molecule has 1 aliphatic heterocycles. The maximum absolute atomic E-state index is 13.4. The van der Waals surface area contributed by atoms with Crippen molar-refractivity contribution < 1.29 is 14.2 Å². The maximum atomic E-state index is 13.4. The Morgan fingerprint density at radius 2 is 2.33 bits per heavy atom. The molecule has 1 N–H and O–H groups in total. The van der Waals surface area contributed by atoms with Gasteiger partial charge in [0.2, 0.25) is 0 Å². The molecule has 1 heterocycles. The molecule has 1 aromatic carbocycles. The standard InChI is InChI=1S/C11H13FO2S/c1-14-10-3-2-8(6-9(10)12)11(13)4-5-15-7-11/h2-3,6,13H,4-5,7H2,1H3. The van der Waals surface area contributed by atoms with E-state index in [4.69, 9.17) is 4.74 Å². The van der Waals surface area contributed by atoms with Crippen LogP contribution in [0.15, 0.2) is 18.2 Å². The number of hydrogen-bond donors (Lipinski definition) is 1. The van der Waals surface area contributed by atoms with Gasteiger partial charge in [-0.2, -0.15) is 11.8 Å². The lowest BCUT2D eigenvalue weighted by molar-refractivity contribution is 0.0653. The summed E-state index contributed by atoms with van der Waals surface area (Å²) in [5.41, 5.74) is -0.219. The van der Waals surface area contributed by atoms with E-state index in [0.29, 0.717) is 17.7 Å². The molecule has 15 heavy (non-hydrogen) atoms. The smallest absolute Gasteiger partial charge is 0.165 e. The van der Waals surface area contributed by atoms with Gasteiger partial charge in [0.1, 0.15) is 0 Å². The third kappa shape index (κ3) is 1.96. The molecule has 0 aliphatic carbocycles. The Labute approximate surface area is 92.4 Å². The van der Waals surface area contributed by atoms with Crippen LogP contribution in [-0.4, -0.2) is 23.7 Å². The van der Waals surface area contributed by atoms with Crippen LogP contribution in [0.25, 0.3) is 0 Å². The molecule has 0 amide bonds. The van der Waals surface area contributed by atoms with Crippen LogP contribution in [0.5, 0.6) is 5.75 Å². The largest absolute Gasteiger partial charge is 0.494 e. The second kappa shape index (κ2) is 4.02. The zero-order valence-electron chi connectivity index (χ0n) is 8.50. The molecule has 1 aliphatic rings. The van der Waals surface area contributed by atoms with E-state index in [1.807, 2.05) is 0 Å². The summed E-state index contributed by atoms with van der Waals surface area (Å²) in [7, 11) is 1.43. The lowest BCUT2D eigenvalue weighted by Crippen LogP contribution is -2.24. The highest BCUT2D eigenvalue weighted by atomic mass is 32.2. The van der Waals surface area contributed by atoms with Crippen LogP contribution in [0.1, 0.15) is 12.0 Å². The van der Waals surface area contributed by atoms with Crippen molar-refractivity contribution in [1.29, 1.82) is 0 Å². The highest BCUT2D eigenvalue weighted by Gasteiger charge is 2.34. The minimum Gasteiger partial charge on any atom is -0.494 e. The van der Waals surface area contributed by atoms with Gasteiger partial charge in [0, 0.05) is 5.75 Å². The highest BCUT2D eigenvalue weighted by Crippen LogP contribution is 2.37. The van der Waals surface area contributed by atoms with E-state index in [-0.39, 0.29) is 5.75 Å². The number of aliphatic hydroxyl groups is 1. The fraction of sp³-hybridized carbons (Fsp3) is 0.455. The third-order valence-corrected chi connectivity index (χ3v) is 3.86.